The third-order valence-electron chi connectivity index (χ3n) is 5.41. The third-order valence-corrected chi connectivity index (χ3v) is 6.24. The number of hydrogen-bond acceptors (Lipinski definition) is 5. The zero-order valence-corrected chi connectivity index (χ0v) is 19.7. The molecule has 1 fully saturated rings. The summed E-state index contributed by atoms with van der Waals surface area (Å²) >= 11 is 1.69. The molecular formula is C23H36N6S. The van der Waals surface area contributed by atoms with Gasteiger partial charge in [-0.25, -0.2) is 9.98 Å². The Bertz CT molecular complexity index is 800. The van der Waals surface area contributed by atoms with E-state index in [2.05, 4.69) is 75.7 Å². The smallest absolute Gasteiger partial charge is 0.194 e. The van der Waals surface area contributed by atoms with Gasteiger partial charge >= 0.3 is 0 Å². The van der Waals surface area contributed by atoms with E-state index in [1.807, 2.05) is 6.92 Å². The maximum atomic E-state index is 4.84. The molecule has 2 heterocycles. The van der Waals surface area contributed by atoms with Crippen LogP contribution in [0.4, 0.5) is 0 Å². The number of aliphatic imine (C=N–C) groups is 1. The highest BCUT2D eigenvalue weighted by Gasteiger charge is 2.12. The summed E-state index contributed by atoms with van der Waals surface area (Å²) in [5, 5.41) is 6.62. The number of likely N-dealkylation sites (N-methyl/N-ethyl adjacent to an activating group) is 1. The summed E-state index contributed by atoms with van der Waals surface area (Å²) in [6.07, 6.45) is 1.25. The van der Waals surface area contributed by atoms with Gasteiger partial charge in [0.25, 0.3) is 0 Å². The molecule has 1 saturated heterocycles. The molecule has 0 atom stereocenters. The van der Waals surface area contributed by atoms with Crippen molar-refractivity contribution < 1.29 is 0 Å². The second-order valence-corrected chi connectivity index (χ2v) is 9.20. The number of guanidine groups is 1. The van der Waals surface area contributed by atoms with Crippen molar-refractivity contribution in [1.82, 2.24) is 25.0 Å². The van der Waals surface area contributed by atoms with Gasteiger partial charge < -0.3 is 15.1 Å². The van der Waals surface area contributed by atoms with Crippen LogP contribution in [-0.4, -0.2) is 72.5 Å². The van der Waals surface area contributed by atoms with Crippen molar-refractivity contribution in [2.75, 3.05) is 46.8 Å². The molecule has 0 amide bonds. The standard InChI is InChI=1S/C23H36N6S/c1-5-24-23(28(4)17-22-18-30-19(2)26-22)25-15-20-7-9-21(10-8-20)16-29-12-6-11-27(3)13-14-29/h7-10,18H,5-6,11-17H2,1-4H3,(H,24,25). The van der Waals surface area contributed by atoms with Crippen LogP contribution in [0.2, 0.25) is 0 Å². The summed E-state index contributed by atoms with van der Waals surface area (Å²) in [6.45, 7) is 12.2. The molecule has 0 spiro atoms. The number of rotatable bonds is 7. The fourth-order valence-corrected chi connectivity index (χ4v) is 4.30. The minimum atomic E-state index is 0.678. The Morgan fingerprint density at radius 1 is 1.17 bits per heavy atom. The minimum absolute atomic E-state index is 0.678. The summed E-state index contributed by atoms with van der Waals surface area (Å²) in [7, 11) is 4.29. The number of nitrogens with zero attached hydrogens (tertiary/aromatic N) is 5. The first-order valence-electron chi connectivity index (χ1n) is 10.9. The molecule has 0 radical (unpaired) electrons. The molecule has 2 aromatic rings. The van der Waals surface area contributed by atoms with E-state index in [9.17, 15) is 0 Å². The maximum absolute atomic E-state index is 4.84. The van der Waals surface area contributed by atoms with Gasteiger partial charge in [0.15, 0.2) is 5.96 Å². The predicted molar refractivity (Wildman–Crippen MR) is 127 cm³/mol. The Kier molecular flexibility index (Phi) is 8.66. The summed E-state index contributed by atoms with van der Waals surface area (Å²) in [5.74, 6) is 0.918. The third kappa shape index (κ3) is 7.07. The molecule has 1 N–H and O–H groups in total. The van der Waals surface area contributed by atoms with Crippen molar-refractivity contribution in [2.24, 2.45) is 4.99 Å². The average molecular weight is 429 g/mol. The zero-order chi connectivity index (χ0) is 21.3. The van der Waals surface area contributed by atoms with Gasteiger partial charge in [-0.2, -0.15) is 0 Å². The van der Waals surface area contributed by atoms with Crippen LogP contribution in [0.3, 0.4) is 0 Å². The molecular weight excluding hydrogens is 392 g/mol. The molecule has 7 heteroatoms. The SMILES string of the molecule is CCNC(=NCc1ccc(CN2CCCN(C)CC2)cc1)N(C)Cc1csc(C)n1. The summed E-state index contributed by atoms with van der Waals surface area (Å²) in [4.78, 5) is 16.5. The van der Waals surface area contributed by atoms with E-state index in [1.54, 1.807) is 11.3 Å². The van der Waals surface area contributed by atoms with Crippen molar-refractivity contribution >= 4 is 17.3 Å². The van der Waals surface area contributed by atoms with Crippen LogP contribution in [-0.2, 0) is 19.6 Å². The van der Waals surface area contributed by atoms with Crippen LogP contribution in [0, 0.1) is 6.92 Å². The molecule has 6 nitrogen and oxygen atoms in total. The van der Waals surface area contributed by atoms with Crippen molar-refractivity contribution in [2.45, 2.75) is 39.9 Å². The van der Waals surface area contributed by atoms with Crippen LogP contribution < -0.4 is 5.32 Å². The van der Waals surface area contributed by atoms with Crippen molar-refractivity contribution in [3.8, 4) is 0 Å². The Labute approximate surface area is 185 Å². The molecule has 164 valence electrons. The lowest BCUT2D eigenvalue weighted by molar-refractivity contribution is 0.269. The van der Waals surface area contributed by atoms with Crippen LogP contribution >= 0.6 is 11.3 Å². The number of aryl methyl sites for hydroxylation is 1. The minimum Gasteiger partial charge on any atom is -0.357 e. The molecule has 1 aliphatic heterocycles. The molecule has 1 aromatic heterocycles. The molecule has 0 saturated carbocycles. The quantitative estimate of drug-likeness (QED) is 0.542. The Hall–Kier alpha value is -1.96. The lowest BCUT2D eigenvalue weighted by Gasteiger charge is -2.21. The first kappa shape index (κ1) is 22.7. The predicted octanol–water partition coefficient (Wildman–Crippen LogP) is 3.19. The summed E-state index contributed by atoms with van der Waals surface area (Å²) in [6, 6.07) is 8.95. The lowest BCUT2D eigenvalue weighted by atomic mass is 10.1. The van der Waals surface area contributed by atoms with Gasteiger partial charge in [0.1, 0.15) is 0 Å². The van der Waals surface area contributed by atoms with Gasteiger partial charge in [-0.15, -0.1) is 11.3 Å². The number of thiazole rings is 1. The summed E-state index contributed by atoms with van der Waals surface area (Å²) < 4.78 is 0. The topological polar surface area (TPSA) is 47.0 Å². The normalized spacial score (nSPS) is 16.5. The highest BCUT2D eigenvalue weighted by atomic mass is 32.1. The Morgan fingerprint density at radius 2 is 1.93 bits per heavy atom. The molecule has 1 aliphatic rings. The van der Waals surface area contributed by atoms with Crippen molar-refractivity contribution in [3.63, 3.8) is 0 Å². The number of aromatic nitrogens is 1. The fourth-order valence-electron chi connectivity index (χ4n) is 3.70. The Morgan fingerprint density at radius 3 is 2.63 bits per heavy atom. The first-order valence-corrected chi connectivity index (χ1v) is 11.8. The zero-order valence-electron chi connectivity index (χ0n) is 18.9. The van der Waals surface area contributed by atoms with E-state index in [0.717, 1.165) is 49.4 Å². The van der Waals surface area contributed by atoms with E-state index in [-0.39, 0.29) is 0 Å². The Balaban J connectivity index is 1.56. The van der Waals surface area contributed by atoms with Crippen molar-refractivity contribution in [1.29, 1.82) is 0 Å². The van der Waals surface area contributed by atoms with Gasteiger partial charge in [-0.05, 0) is 51.5 Å². The highest BCUT2D eigenvalue weighted by molar-refractivity contribution is 7.09. The molecule has 0 aliphatic carbocycles. The monoisotopic (exact) mass is 428 g/mol. The van der Waals surface area contributed by atoms with Crippen molar-refractivity contribution in [3.05, 3.63) is 51.5 Å². The van der Waals surface area contributed by atoms with Gasteiger partial charge in [0.05, 0.1) is 23.8 Å². The van der Waals surface area contributed by atoms with Gasteiger partial charge in [0.2, 0.25) is 0 Å². The van der Waals surface area contributed by atoms with Crippen LogP contribution in [0.25, 0.3) is 0 Å². The first-order chi connectivity index (χ1) is 14.5. The van der Waals surface area contributed by atoms with Gasteiger partial charge in [-0.1, -0.05) is 24.3 Å². The van der Waals surface area contributed by atoms with Gasteiger partial charge in [0, 0.05) is 38.6 Å². The fraction of sp³-hybridized carbons (Fsp3) is 0.565. The van der Waals surface area contributed by atoms with Gasteiger partial charge in [-0.3, -0.25) is 4.90 Å². The second kappa shape index (κ2) is 11.4. The second-order valence-electron chi connectivity index (χ2n) is 8.13. The average Bonchev–Trinajstić information content (AvgIpc) is 3.03. The lowest BCUT2D eigenvalue weighted by Crippen LogP contribution is -2.38. The van der Waals surface area contributed by atoms with E-state index in [1.165, 1.54) is 30.6 Å². The van der Waals surface area contributed by atoms with Crippen LogP contribution in [0.1, 0.15) is 35.2 Å². The van der Waals surface area contributed by atoms with Crippen LogP contribution in [0.15, 0.2) is 34.6 Å². The largest absolute Gasteiger partial charge is 0.357 e. The van der Waals surface area contributed by atoms with E-state index < -0.39 is 0 Å². The maximum Gasteiger partial charge on any atom is 0.194 e. The van der Waals surface area contributed by atoms with E-state index >= 15 is 0 Å². The molecule has 0 bridgehead atoms. The molecule has 1 aromatic carbocycles. The van der Waals surface area contributed by atoms with E-state index in [0.29, 0.717) is 6.54 Å². The number of nitrogens with one attached hydrogen (secondary N) is 1. The summed E-state index contributed by atoms with van der Waals surface area (Å²) in [5.41, 5.74) is 3.72. The number of benzene rings is 1. The number of hydrogen-bond donors (Lipinski definition) is 1. The molecule has 30 heavy (non-hydrogen) atoms. The molecule has 0 unspecified atom stereocenters. The van der Waals surface area contributed by atoms with E-state index in [4.69, 9.17) is 4.99 Å². The highest BCUT2D eigenvalue weighted by Crippen LogP contribution is 2.12. The van der Waals surface area contributed by atoms with Crippen LogP contribution in [0.5, 0.6) is 0 Å². The molecule has 3 rings (SSSR count).